The Bertz CT molecular complexity index is 1010. The third kappa shape index (κ3) is 3.23. The van der Waals surface area contributed by atoms with Gasteiger partial charge in [-0.2, -0.15) is 0 Å². The van der Waals surface area contributed by atoms with Gasteiger partial charge >= 0.3 is 5.97 Å². The molecule has 1 saturated carbocycles. The van der Waals surface area contributed by atoms with E-state index in [1.165, 1.54) is 0 Å². The van der Waals surface area contributed by atoms with E-state index in [4.69, 9.17) is 14.3 Å². The Morgan fingerprint density at radius 1 is 1.04 bits per heavy atom. The van der Waals surface area contributed by atoms with Crippen LogP contribution in [0.3, 0.4) is 0 Å². The number of furan rings is 1. The van der Waals surface area contributed by atoms with E-state index >= 15 is 0 Å². The van der Waals surface area contributed by atoms with Crippen LogP contribution in [0.15, 0.2) is 40.8 Å². The van der Waals surface area contributed by atoms with Crippen molar-refractivity contribution in [3.63, 3.8) is 0 Å². The molecule has 1 heterocycles. The number of carboxylic acid groups (broad SMARTS) is 1. The molecule has 0 spiro atoms. The van der Waals surface area contributed by atoms with E-state index in [1.807, 2.05) is 30.3 Å². The van der Waals surface area contributed by atoms with Crippen LogP contribution in [0.1, 0.15) is 25.7 Å². The predicted octanol–water partition coefficient (Wildman–Crippen LogP) is 4.42. The SMILES string of the molecule is COc1cc2c(cc1NC(=O)C1CCC(C(=O)O)CC1)oc1ccccc12. The summed E-state index contributed by atoms with van der Waals surface area (Å²) in [5.41, 5.74) is 2.03. The highest BCUT2D eigenvalue weighted by Gasteiger charge is 2.30. The van der Waals surface area contributed by atoms with Gasteiger partial charge in [0.05, 0.1) is 18.7 Å². The van der Waals surface area contributed by atoms with E-state index in [0.29, 0.717) is 42.7 Å². The lowest BCUT2D eigenvalue weighted by Crippen LogP contribution is -2.29. The van der Waals surface area contributed by atoms with Crippen LogP contribution in [0.5, 0.6) is 5.75 Å². The van der Waals surface area contributed by atoms with Gasteiger partial charge in [-0.05, 0) is 37.8 Å². The first kappa shape index (κ1) is 17.4. The molecular weight excluding hydrogens is 346 g/mol. The van der Waals surface area contributed by atoms with E-state index in [9.17, 15) is 9.59 Å². The van der Waals surface area contributed by atoms with Gasteiger partial charge in [0.2, 0.25) is 5.91 Å². The van der Waals surface area contributed by atoms with E-state index in [2.05, 4.69) is 5.32 Å². The number of hydrogen-bond donors (Lipinski definition) is 2. The zero-order chi connectivity index (χ0) is 19.0. The van der Waals surface area contributed by atoms with E-state index < -0.39 is 5.97 Å². The molecule has 6 heteroatoms. The molecule has 2 N–H and O–H groups in total. The second-order valence-electron chi connectivity index (χ2n) is 7.02. The number of hydrogen-bond acceptors (Lipinski definition) is 4. The van der Waals surface area contributed by atoms with Crippen molar-refractivity contribution in [3.05, 3.63) is 36.4 Å². The molecule has 1 aliphatic rings. The number of anilines is 1. The summed E-state index contributed by atoms with van der Waals surface area (Å²) in [5, 5.41) is 14.0. The highest BCUT2D eigenvalue weighted by Crippen LogP contribution is 2.37. The molecule has 140 valence electrons. The first-order valence-electron chi connectivity index (χ1n) is 9.09. The summed E-state index contributed by atoms with van der Waals surface area (Å²) in [6.45, 7) is 0. The molecule has 1 fully saturated rings. The van der Waals surface area contributed by atoms with Crippen molar-refractivity contribution in [3.8, 4) is 5.75 Å². The minimum atomic E-state index is -0.772. The highest BCUT2D eigenvalue weighted by atomic mass is 16.5. The molecule has 4 rings (SSSR count). The Morgan fingerprint density at radius 2 is 1.74 bits per heavy atom. The maximum absolute atomic E-state index is 12.7. The fourth-order valence-electron chi connectivity index (χ4n) is 3.86. The number of aliphatic carboxylic acids is 1. The Hall–Kier alpha value is -3.02. The zero-order valence-electron chi connectivity index (χ0n) is 15.0. The number of ether oxygens (including phenoxy) is 1. The van der Waals surface area contributed by atoms with Gasteiger partial charge in [-0.15, -0.1) is 0 Å². The Labute approximate surface area is 156 Å². The summed E-state index contributed by atoms with van der Waals surface area (Å²) >= 11 is 0. The van der Waals surface area contributed by atoms with Crippen LogP contribution in [-0.2, 0) is 9.59 Å². The number of carboxylic acids is 1. The second-order valence-corrected chi connectivity index (χ2v) is 7.02. The summed E-state index contributed by atoms with van der Waals surface area (Å²) < 4.78 is 11.4. The fourth-order valence-corrected chi connectivity index (χ4v) is 3.86. The average molecular weight is 367 g/mol. The first-order valence-corrected chi connectivity index (χ1v) is 9.09. The summed E-state index contributed by atoms with van der Waals surface area (Å²) in [5.74, 6) is -0.827. The van der Waals surface area contributed by atoms with Gasteiger partial charge in [0, 0.05) is 22.8 Å². The van der Waals surface area contributed by atoms with Crippen molar-refractivity contribution in [2.75, 3.05) is 12.4 Å². The lowest BCUT2D eigenvalue weighted by atomic mass is 9.81. The van der Waals surface area contributed by atoms with Crippen molar-refractivity contribution in [2.45, 2.75) is 25.7 Å². The number of amides is 1. The molecule has 0 aliphatic heterocycles. The Kier molecular flexibility index (Phi) is 4.48. The predicted molar refractivity (Wildman–Crippen MR) is 102 cm³/mol. The lowest BCUT2D eigenvalue weighted by Gasteiger charge is -2.25. The lowest BCUT2D eigenvalue weighted by molar-refractivity contribution is -0.143. The van der Waals surface area contributed by atoms with Crippen LogP contribution in [0.25, 0.3) is 21.9 Å². The van der Waals surface area contributed by atoms with Crippen LogP contribution in [-0.4, -0.2) is 24.1 Å². The fraction of sp³-hybridized carbons (Fsp3) is 0.333. The van der Waals surface area contributed by atoms with Crippen LogP contribution >= 0.6 is 0 Å². The number of rotatable bonds is 4. The molecule has 0 bridgehead atoms. The van der Waals surface area contributed by atoms with Gasteiger partial charge in [0.25, 0.3) is 0 Å². The number of benzene rings is 2. The molecule has 27 heavy (non-hydrogen) atoms. The van der Waals surface area contributed by atoms with Gasteiger partial charge in [-0.3, -0.25) is 9.59 Å². The van der Waals surface area contributed by atoms with E-state index in [-0.39, 0.29) is 17.7 Å². The third-order valence-electron chi connectivity index (χ3n) is 5.40. The van der Waals surface area contributed by atoms with Crippen molar-refractivity contribution < 1.29 is 23.8 Å². The summed E-state index contributed by atoms with van der Waals surface area (Å²) in [7, 11) is 1.57. The topological polar surface area (TPSA) is 88.8 Å². The molecule has 1 amide bonds. The molecule has 3 aromatic rings. The molecule has 0 saturated heterocycles. The summed E-state index contributed by atoms with van der Waals surface area (Å²) in [6.07, 6.45) is 2.23. The van der Waals surface area contributed by atoms with Crippen LogP contribution < -0.4 is 10.1 Å². The van der Waals surface area contributed by atoms with Crippen molar-refractivity contribution in [1.29, 1.82) is 0 Å². The van der Waals surface area contributed by atoms with Crippen LogP contribution in [0, 0.1) is 11.8 Å². The minimum Gasteiger partial charge on any atom is -0.495 e. The number of methoxy groups -OCH3 is 1. The van der Waals surface area contributed by atoms with Crippen LogP contribution in [0.2, 0.25) is 0 Å². The molecule has 0 unspecified atom stereocenters. The number of fused-ring (bicyclic) bond motifs is 3. The van der Waals surface area contributed by atoms with Gasteiger partial charge < -0.3 is 19.6 Å². The standard InChI is InChI=1S/C21H21NO5/c1-26-19-10-15-14-4-2-3-5-17(14)27-18(15)11-16(19)22-20(23)12-6-8-13(9-7-12)21(24)25/h2-5,10-13H,6-9H2,1H3,(H,22,23)(H,24,25). The number of carbonyl (C=O) groups is 2. The average Bonchev–Trinajstić information content (AvgIpc) is 3.04. The number of carbonyl (C=O) groups excluding carboxylic acids is 1. The molecule has 1 aromatic heterocycles. The van der Waals surface area contributed by atoms with Gasteiger partial charge in [-0.25, -0.2) is 0 Å². The van der Waals surface area contributed by atoms with Crippen molar-refractivity contribution >= 4 is 39.5 Å². The normalized spacial score (nSPS) is 19.9. The maximum atomic E-state index is 12.7. The largest absolute Gasteiger partial charge is 0.495 e. The number of para-hydroxylation sites is 1. The van der Waals surface area contributed by atoms with E-state index in [0.717, 1.165) is 16.4 Å². The first-order chi connectivity index (χ1) is 13.1. The zero-order valence-corrected chi connectivity index (χ0v) is 15.0. The highest BCUT2D eigenvalue weighted by molar-refractivity contribution is 6.07. The smallest absolute Gasteiger partial charge is 0.306 e. The summed E-state index contributed by atoms with van der Waals surface area (Å²) in [4.78, 5) is 23.8. The van der Waals surface area contributed by atoms with Gasteiger partial charge in [0.15, 0.2) is 0 Å². The molecule has 1 aliphatic carbocycles. The summed E-state index contributed by atoms with van der Waals surface area (Å²) in [6, 6.07) is 11.4. The molecule has 2 aromatic carbocycles. The number of nitrogens with one attached hydrogen (secondary N) is 1. The molecule has 0 radical (unpaired) electrons. The van der Waals surface area contributed by atoms with Crippen molar-refractivity contribution in [1.82, 2.24) is 0 Å². The Balaban J connectivity index is 1.58. The monoisotopic (exact) mass is 367 g/mol. The van der Waals surface area contributed by atoms with Crippen LogP contribution in [0.4, 0.5) is 5.69 Å². The molecule has 0 atom stereocenters. The van der Waals surface area contributed by atoms with E-state index in [1.54, 1.807) is 13.2 Å². The molecular formula is C21H21NO5. The van der Waals surface area contributed by atoms with Gasteiger partial charge in [0.1, 0.15) is 16.9 Å². The maximum Gasteiger partial charge on any atom is 0.306 e. The minimum absolute atomic E-state index is 0.104. The van der Waals surface area contributed by atoms with Crippen molar-refractivity contribution in [2.24, 2.45) is 11.8 Å². The Morgan fingerprint density at radius 3 is 2.44 bits per heavy atom. The molecule has 6 nitrogen and oxygen atoms in total. The third-order valence-corrected chi connectivity index (χ3v) is 5.40. The quantitative estimate of drug-likeness (QED) is 0.712. The van der Waals surface area contributed by atoms with Gasteiger partial charge in [-0.1, -0.05) is 18.2 Å². The second kappa shape index (κ2) is 6.95.